The molecule has 0 bridgehead atoms. The predicted molar refractivity (Wildman–Crippen MR) is 147 cm³/mol. The van der Waals surface area contributed by atoms with Crippen LogP contribution in [0.1, 0.15) is 31.7 Å². The molecule has 2 aliphatic heterocycles. The molecule has 38 heavy (non-hydrogen) atoms. The highest BCUT2D eigenvalue weighted by Crippen LogP contribution is 2.33. The molecule has 0 radical (unpaired) electrons. The van der Waals surface area contributed by atoms with Gasteiger partial charge in [-0.2, -0.15) is 4.31 Å². The van der Waals surface area contributed by atoms with E-state index < -0.39 is 21.9 Å². The number of aryl methyl sites for hydroxylation is 1. The van der Waals surface area contributed by atoms with Crippen molar-refractivity contribution in [1.29, 1.82) is 0 Å². The number of halogens is 1. The Bertz CT molecular complexity index is 1370. The van der Waals surface area contributed by atoms with E-state index in [9.17, 15) is 17.6 Å². The molecular weight excluding hydrogens is 527 g/mol. The molecule has 0 spiro atoms. The van der Waals surface area contributed by atoms with Gasteiger partial charge in [0.2, 0.25) is 15.9 Å². The van der Waals surface area contributed by atoms with E-state index >= 15 is 0 Å². The first-order valence-corrected chi connectivity index (χ1v) is 15.4. The highest BCUT2D eigenvalue weighted by molar-refractivity contribution is 7.89. The second kappa shape index (κ2) is 11.7. The van der Waals surface area contributed by atoms with Gasteiger partial charge in [-0.25, -0.2) is 17.8 Å². The van der Waals surface area contributed by atoms with Crippen LogP contribution in [-0.4, -0.2) is 80.5 Å². The smallest absolute Gasteiger partial charge is 0.247 e. The van der Waals surface area contributed by atoms with Crippen LogP contribution >= 0.6 is 11.3 Å². The number of fused-ring (bicyclic) bond motifs is 1. The summed E-state index contributed by atoms with van der Waals surface area (Å²) in [5.74, 6) is -0.767. The summed E-state index contributed by atoms with van der Waals surface area (Å²) in [6, 6.07) is 10.1. The lowest BCUT2D eigenvalue weighted by Crippen LogP contribution is -2.48. The topological polar surface area (TPSA) is 83.1 Å². The Morgan fingerprint density at radius 1 is 1.16 bits per heavy atom. The van der Waals surface area contributed by atoms with Crippen LogP contribution in [0.2, 0.25) is 0 Å². The van der Waals surface area contributed by atoms with Gasteiger partial charge in [0.25, 0.3) is 0 Å². The van der Waals surface area contributed by atoms with Gasteiger partial charge in [-0.05, 0) is 67.6 Å². The number of anilines is 1. The number of carbonyl (C=O) groups excluding carboxylic acids is 1. The van der Waals surface area contributed by atoms with Gasteiger partial charge in [0.1, 0.15) is 11.9 Å². The summed E-state index contributed by atoms with van der Waals surface area (Å²) in [5, 5.41) is 0.589. The van der Waals surface area contributed by atoms with E-state index in [1.54, 1.807) is 4.90 Å². The lowest BCUT2D eigenvalue weighted by atomic mass is 10.2. The fourth-order valence-electron chi connectivity index (χ4n) is 5.07. The molecule has 1 atom stereocenters. The van der Waals surface area contributed by atoms with E-state index in [1.165, 1.54) is 33.3 Å². The van der Waals surface area contributed by atoms with Gasteiger partial charge in [-0.1, -0.05) is 24.3 Å². The maximum Gasteiger partial charge on any atom is 0.247 e. The monoisotopic (exact) mass is 560 g/mol. The standard InChI is InChI=1S/C27H33FN4O4S2/c1-2-20-6-11-23-25(19-20)37-27(29-23)31(13-4-12-30-15-17-36-18-16-30)26(33)24-5-3-14-32(24)38(34,35)22-9-7-21(28)8-10-22/h6-11,19,24H,2-5,12-18H2,1H3. The average Bonchev–Trinajstić information content (AvgIpc) is 3.59. The minimum absolute atomic E-state index is 0.00968. The number of hydrogen-bond donors (Lipinski definition) is 0. The zero-order valence-corrected chi connectivity index (χ0v) is 23.1. The number of amides is 1. The SMILES string of the molecule is CCc1ccc2nc(N(CCCN3CCOCC3)C(=O)C3CCCN3S(=O)(=O)c3ccc(F)cc3)sc2c1. The molecule has 204 valence electrons. The number of thiazole rings is 1. The Kier molecular flexibility index (Phi) is 8.39. The summed E-state index contributed by atoms with van der Waals surface area (Å²) < 4.78 is 48.1. The first kappa shape index (κ1) is 27.1. The molecule has 3 heterocycles. The lowest BCUT2D eigenvalue weighted by molar-refractivity contribution is -0.121. The zero-order valence-electron chi connectivity index (χ0n) is 21.5. The summed E-state index contributed by atoms with van der Waals surface area (Å²) in [5.41, 5.74) is 2.03. The van der Waals surface area contributed by atoms with Crippen molar-refractivity contribution in [2.24, 2.45) is 0 Å². The molecule has 2 aromatic carbocycles. The van der Waals surface area contributed by atoms with Crippen molar-refractivity contribution < 1.29 is 22.3 Å². The summed E-state index contributed by atoms with van der Waals surface area (Å²) in [6.07, 6.45) is 2.66. The molecule has 11 heteroatoms. The number of nitrogens with zero attached hydrogens (tertiary/aromatic N) is 4. The number of rotatable bonds is 9. The molecule has 0 N–H and O–H groups in total. The number of aromatic nitrogens is 1. The minimum Gasteiger partial charge on any atom is -0.379 e. The van der Waals surface area contributed by atoms with E-state index in [2.05, 4.69) is 17.9 Å². The van der Waals surface area contributed by atoms with Crippen LogP contribution in [0.4, 0.5) is 9.52 Å². The summed E-state index contributed by atoms with van der Waals surface area (Å²) in [6.45, 7) is 6.75. The molecule has 1 unspecified atom stereocenters. The van der Waals surface area contributed by atoms with Gasteiger partial charge in [0.05, 0.1) is 28.3 Å². The number of sulfonamides is 1. The van der Waals surface area contributed by atoms with Crippen LogP contribution in [0.15, 0.2) is 47.4 Å². The molecule has 0 aliphatic carbocycles. The third kappa shape index (κ3) is 5.76. The largest absolute Gasteiger partial charge is 0.379 e. The van der Waals surface area contributed by atoms with Crippen molar-refractivity contribution in [3.8, 4) is 0 Å². The molecule has 3 aromatic rings. The van der Waals surface area contributed by atoms with Gasteiger partial charge < -0.3 is 4.74 Å². The molecule has 2 saturated heterocycles. The molecule has 2 fully saturated rings. The van der Waals surface area contributed by atoms with Crippen LogP contribution in [-0.2, 0) is 26.0 Å². The van der Waals surface area contributed by atoms with Crippen LogP contribution in [0.5, 0.6) is 0 Å². The van der Waals surface area contributed by atoms with Crippen LogP contribution in [0.25, 0.3) is 10.2 Å². The number of carbonyl (C=O) groups is 1. The molecular formula is C27H33FN4O4S2. The molecule has 0 saturated carbocycles. The van der Waals surface area contributed by atoms with Crippen molar-refractivity contribution in [3.63, 3.8) is 0 Å². The molecule has 2 aliphatic rings. The minimum atomic E-state index is -3.96. The van der Waals surface area contributed by atoms with Gasteiger partial charge >= 0.3 is 0 Å². The molecule has 1 amide bonds. The highest BCUT2D eigenvalue weighted by atomic mass is 32.2. The van der Waals surface area contributed by atoms with Crippen molar-refractivity contribution in [2.45, 2.75) is 43.5 Å². The number of morpholine rings is 1. The van der Waals surface area contributed by atoms with Crippen molar-refractivity contribution in [1.82, 2.24) is 14.2 Å². The maximum absolute atomic E-state index is 14.1. The Labute approximate surface area is 227 Å². The Morgan fingerprint density at radius 3 is 2.66 bits per heavy atom. The fourth-order valence-corrected chi connectivity index (χ4v) is 7.78. The van der Waals surface area contributed by atoms with Gasteiger partial charge in [-0.3, -0.25) is 14.6 Å². The Hall–Kier alpha value is -2.44. The van der Waals surface area contributed by atoms with Gasteiger partial charge in [-0.15, -0.1) is 0 Å². The summed E-state index contributed by atoms with van der Waals surface area (Å²) in [4.78, 5) is 22.8. The lowest BCUT2D eigenvalue weighted by Gasteiger charge is -2.30. The number of hydrogen-bond acceptors (Lipinski definition) is 7. The first-order valence-electron chi connectivity index (χ1n) is 13.1. The fraction of sp³-hybridized carbons (Fsp3) is 0.481. The highest BCUT2D eigenvalue weighted by Gasteiger charge is 2.42. The van der Waals surface area contributed by atoms with Crippen LogP contribution in [0, 0.1) is 5.82 Å². The van der Waals surface area contributed by atoms with E-state index in [1.807, 2.05) is 12.1 Å². The maximum atomic E-state index is 14.1. The van der Waals surface area contributed by atoms with Gasteiger partial charge in [0.15, 0.2) is 5.13 Å². The first-order chi connectivity index (χ1) is 18.4. The van der Waals surface area contributed by atoms with Crippen LogP contribution < -0.4 is 4.90 Å². The van der Waals surface area contributed by atoms with Crippen LogP contribution in [0.3, 0.4) is 0 Å². The second-order valence-electron chi connectivity index (χ2n) is 9.68. The van der Waals surface area contributed by atoms with E-state index in [0.717, 1.165) is 54.8 Å². The quantitative estimate of drug-likeness (QED) is 0.395. The van der Waals surface area contributed by atoms with E-state index in [0.29, 0.717) is 37.7 Å². The average molecular weight is 561 g/mol. The molecule has 5 rings (SSSR count). The third-order valence-corrected chi connectivity index (χ3v) is 10.2. The Morgan fingerprint density at radius 2 is 1.92 bits per heavy atom. The third-order valence-electron chi connectivity index (χ3n) is 7.22. The van der Waals surface area contributed by atoms with Crippen molar-refractivity contribution in [3.05, 3.63) is 53.8 Å². The normalized spacial score (nSPS) is 19.3. The second-order valence-corrected chi connectivity index (χ2v) is 12.6. The number of benzene rings is 2. The predicted octanol–water partition coefficient (Wildman–Crippen LogP) is 3.91. The zero-order chi connectivity index (χ0) is 26.7. The van der Waals surface area contributed by atoms with E-state index in [4.69, 9.17) is 9.72 Å². The number of ether oxygens (including phenoxy) is 1. The summed E-state index contributed by atoms with van der Waals surface area (Å²) in [7, 11) is -3.96. The molecule has 1 aromatic heterocycles. The van der Waals surface area contributed by atoms with Gasteiger partial charge in [0, 0.05) is 32.7 Å². The van der Waals surface area contributed by atoms with E-state index in [-0.39, 0.29) is 17.3 Å². The Balaban J connectivity index is 1.42. The summed E-state index contributed by atoms with van der Waals surface area (Å²) >= 11 is 1.47. The van der Waals surface area contributed by atoms with Crippen molar-refractivity contribution >= 4 is 42.6 Å². The molecule has 8 nitrogen and oxygen atoms in total. The van der Waals surface area contributed by atoms with Crippen molar-refractivity contribution in [2.75, 3.05) is 50.8 Å².